The van der Waals surface area contributed by atoms with Crippen LogP contribution in [-0.2, 0) is 0 Å². The van der Waals surface area contributed by atoms with E-state index in [4.69, 9.17) is 15.2 Å². The van der Waals surface area contributed by atoms with Gasteiger partial charge in [0.25, 0.3) is 0 Å². The molecule has 0 amide bonds. The van der Waals surface area contributed by atoms with Gasteiger partial charge in [-0.2, -0.15) is 0 Å². The van der Waals surface area contributed by atoms with Gasteiger partial charge in [-0.25, -0.2) is 4.98 Å². The number of halogens is 1. The molecule has 0 bridgehead atoms. The van der Waals surface area contributed by atoms with Crippen LogP contribution in [0.15, 0.2) is 16.7 Å². The highest BCUT2D eigenvalue weighted by Crippen LogP contribution is 2.38. The van der Waals surface area contributed by atoms with E-state index in [-0.39, 0.29) is 0 Å². The molecule has 0 saturated heterocycles. The lowest BCUT2D eigenvalue weighted by molar-refractivity contribution is 0.401. The first kappa shape index (κ1) is 12.8. The third kappa shape index (κ3) is 2.15. The van der Waals surface area contributed by atoms with Crippen LogP contribution in [0.25, 0.3) is 11.3 Å². The fourth-order valence-electron chi connectivity index (χ4n) is 1.78. The molecule has 5 nitrogen and oxygen atoms in total. The normalized spacial score (nSPS) is 10.4. The van der Waals surface area contributed by atoms with Crippen LogP contribution >= 0.6 is 15.9 Å². The minimum atomic E-state index is 0.346. The van der Waals surface area contributed by atoms with Crippen LogP contribution in [0.5, 0.6) is 11.5 Å². The van der Waals surface area contributed by atoms with Crippen LogP contribution in [0.1, 0.15) is 5.56 Å². The molecule has 2 rings (SSSR count). The Hall–Kier alpha value is -1.69. The summed E-state index contributed by atoms with van der Waals surface area (Å²) >= 11 is 3.39. The predicted octanol–water partition coefficient (Wildman–Crippen LogP) is 2.75. The van der Waals surface area contributed by atoms with Crippen LogP contribution in [-0.4, -0.2) is 24.2 Å². The zero-order chi connectivity index (χ0) is 13.3. The first-order valence-corrected chi connectivity index (χ1v) is 6.10. The summed E-state index contributed by atoms with van der Waals surface area (Å²) in [6.07, 6.45) is 0. The van der Waals surface area contributed by atoms with Crippen molar-refractivity contribution in [3.05, 3.63) is 22.3 Å². The SMILES string of the molecule is COc1cc(-c2nc(N)[nH]c2Br)c(OC)cc1C. The van der Waals surface area contributed by atoms with Crippen LogP contribution in [0, 0.1) is 6.92 Å². The van der Waals surface area contributed by atoms with Gasteiger partial charge in [0.05, 0.1) is 14.2 Å². The summed E-state index contributed by atoms with van der Waals surface area (Å²) in [7, 11) is 3.25. The van der Waals surface area contributed by atoms with Gasteiger partial charge in [0.15, 0.2) is 5.95 Å². The van der Waals surface area contributed by atoms with Crippen molar-refractivity contribution in [3.63, 3.8) is 0 Å². The second-order valence-electron chi connectivity index (χ2n) is 3.81. The Balaban J connectivity index is 2.65. The van der Waals surface area contributed by atoms with Gasteiger partial charge >= 0.3 is 0 Å². The number of ether oxygens (including phenoxy) is 2. The molecule has 0 spiro atoms. The first-order valence-electron chi connectivity index (χ1n) is 5.30. The largest absolute Gasteiger partial charge is 0.496 e. The average Bonchev–Trinajstić information content (AvgIpc) is 2.68. The first-order chi connectivity index (χ1) is 8.56. The number of methoxy groups -OCH3 is 2. The molecular formula is C12H14BrN3O2. The highest BCUT2D eigenvalue weighted by Gasteiger charge is 2.16. The number of aromatic amines is 1. The number of nitrogens with two attached hydrogens (primary N) is 1. The van der Waals surface area contributed by atoms with E-state index < -0.39 is 0 Å². The van der Waals surface area contributed by atoms with Crippen LogP contribution in [0.4, 0.5) is 5.95 Å². The zero-order valence-electron chi connectivity index (χ0n) is 10.4. The van der Waals surface area contributed by atoms with Crippen molar-refractivity contribution in [2.45, 2.75) is 6.92 Å². The molecule has 1 aromatic carbocycles. The van der Waals surface area contributed by atoms with E-state index in [0.717, 1.165) is 22.6 Å². The third-order valence-electron chi connectivity index (χ3n) is 2.65. The maximum absolute atomic E-state index is 5.64. The molecule has 1 aromatic heterocycles. The molecule has 96 valence electrons. The van der Waals surface area contributed by atoms with E-state index >= 15 is 0 Å². The number of imidazole rings is 1. The van der Waals surface area contributed by atoms with Gasteiger partial charge < -0.3 is 20.2 Å². The Morgan fingerprint density at radius 2 is 1.89 bits per heavy atom. The van der Waals surface area contributed by atoms with Crippen molar-refractivity contribution < 1.29 is 9.47 Å². The van der Waals surface area contributed by atoms with Crippen LogP contribution in [0.3, 0.4) is 0 Å². The number of aromatic nitrogens is 2. The minimum absolute atomic E-state index is 0.346. The standard InChI is InChI=1S/C12H14BrN3O2/c1-6-4-9(18-3)7(5-8(6)17-2)10-11(13)16-12(14)15-10/h4-5H,1-3H3,(H3,14,15,16). The highest BCUT2D eigenvalue weighted by molar-refractivity contribution is 9.10. The fourth-order valence-corrected chi connectivity index (χ4v) is 2.29. The number of H-pyrrole nitrogens is 1. The Bertz CT molecular complexity index is 581. The number of hydrogen-bond donors (Lipinski definition) is 2. The predicted molar refractivity (Wildman–Crippen MR) is 74.0 cm³/mol. The molecule has 3 N–H and O–H groups in total. The molecule has 18 heavy (non-hydrogen) atoms. The quantitative estimate of drug-likeness (QED) is 0.914. The monoisotopic (exact) mass is 311 g/mol. The molecule has 0 radical (unpaired) electrons. The second-order valence-corrected chi connectivity index (χ2v) is 4.60. The number of hydrogen-bond acceptors (Lipinski definition) is 4. The molecule has 0 aliphatic heterocycles. The summed E-state index contributed by atoms with van der Waals surface area (Å²) < 4.78 is 11.4. The molecule has 0 unspecified atom stereocenters. The van der Waals surface area contributed by atoms with Crippen molar-refractivity contribution in [1.29, 1.82) is 0 Å². The van der Waals surface area contributed by atoms with Crippen molar-refractivity contribution in [2.75, 3.05) is 20.0 Å². The van der Waals surface area contributed by atoms with E-state index in [2.05, 4.69) is 25.9 Å². The van der Waals surface area contributed by atoms with Crippen LogP contribution < -0.4 is 15.2 Å². The van der Waals surface area contributed by atoms with E-state index in [1.54, 1.807) is 14.2 Å². The Morgan fingerprint density at radius 3 is 2.39 bits per heavy atom. The summed E-state index contributed by atoms with van der Waals surface area (Å²) in [6, 6.07) is 3.79. The number of rotatable bonds is 3. The number of anilines is 1. The van der Waals surface area contributed by atoms with Gasteiger partial charge in [-0.3, -0.25) is 0 Å². The molecular weight excluding hydrogens is 298 g/mol. The van der Waals surface area contributed by atoms with Crippen molar-refractivity contribution in [3.8, 4) is 22.8 Å². The van der Waals surface area contributed by atoms with E-state index in [1.807, 2.05) is 19.1 Å². The van der Waals surface area contributed by atoms with Crippen molar-refractivity contribution >= 4 is 21.9 Å². The highest BCUT2D eigenvalue weighted by atomic mass is 79.9. The van der Waals surface area contributed by atoms with Gasteiger partial charge in [-0.15, -0.1) is 0 Å². The van der Waals surface area contributed by atoms with E-state index in [0.29, 0.717) is 16.2 Å². The summed E-state index contributed by atoms with van der Waals surface area (Å²) in [6.45, 7) is 1.96. The van der Waals surface area contributed by atoms with E-state index in [9.17, 15) is 0 Å². The molecule has 0 aliphatic carbocycles. The third-order valence-corrected chi connectivity index (χ3v) is 3.22. The molecule has 6 heteroatoms. The summed E-state index contributed by atoms with van der Waals surface area (Å²) in [5, 5.41) is 0. The topological polar surface area (TPSA) is 73.2 Å². The Morgan fingerprint density at radius 1 is 1.22 bits per heavy atom. The minimum Gasteiger partial charge on any atom is -0.496 e. The van der Waals surface area contributed by atoms with Gasteiger partial charge in [0, 0.05) is 5.56 Å². The zero-order valence-corrected chi connectivity index (χ0v) is 12.0. The lowest BCUT2D eigenvalue weighted by Gasteiger charge is -2.11. The molecule has 0 saturated carbocycles. The van der Waals surface area contributed by atoms with Crippen LogP contribution in [0.2, 0.25) is 0 Å². The van der Waals surface area contributed by atoms with Gasteiger partial charge in [-0.1, -0.05) is 0 Å². The second kappa shape index (κ2) is 4.89. The number of benzene rings is 1. The summed E-state index contributed by atoms with van der Waals surface area (Å²) in [5.74, 6) is 1.85. The molecule has 0 aliphatic rings. The molecule has 0 fully saturated rings. The summed E-state index contributed by atoms with van der Waals surface area (Å²) in [4.78, 5) is 7.13. The van der Waals surface area contributed by atoms with Gasteiger partial charge in [-0.05, 0) is 40.5 Å². The lowest BCUT2D eigenvalue weighted by Crippen LogP contribution is -1.94. The average molecular weight is 312 g/mol. The van der Waals surface area contributed by atoms with E-state index in [1.165, 1.54) is 0 Å². The van der Waals surface area contributed by atoms with Gasteiger partial charge in [0.1, 0.15) is 21.8 Å². The number of aryl methyl sites for hydroxylation is 1. The molecule has 0 atom stereocenters. The molecule has 1 heterocycles. The summed E-state index contributed by atoms with van der Waals surface area (Å²) in [5.41, 5.74) is 8.15. The van der Waals surface area contributed by atoms with Gasteiger partial charge in [0.2, 0.25) is 0 Å². The number of nitrogens with one attached hydrogen (secondary N) is 1. The Labute approximate surface area is 113 Å². The number of nitrogen functional groups attached to an aromatic ring is 1. The smallest absolute Gasteiger partial charge is 0.198 e. The lowest BCUT2D eigenvalue weighted by atomic mass is 10.1. The van der Waals surface area contributed by atoms with Crippen molar-refractivity contribution in [1.82, 2.24) is 9.97 Å². The molecule has 2 aromatic rings. The Kier molecular flexibility index (Phi) is 3.47. The number of nitrogens with zero attached hydrogens (tertiary/aromatic N) is 1. The fraction of sp³-hybridized carbons (Fsp3) is 0.250. The maximum atomic E-state index is 5.64. The van der Waals surface area contributed by atoms with Crippen molar-refractivity contribution in [2.24, 2.45) is 0 Å². The maximum Gasteiger partial charge on any atom is 0.198 e.